The van der Waals surface area contributed by atoms with Gasteiger partial charge >= 0.3 is 13.0 Å². The maximum atomic E-state index is 10.9. The fourth-order valence-electron chi connectivity index (χ4n) is 1.52. The summed E-state index contributed by atoms with van der Waals surface area (Å²) in [6, 6.07) is 8.98. The molecule has 0 bridgehead atoms. The van der Waals surface area contributed by atoms with E-state index in [1.165, 1.54) is 6.82 Å². The lowest BCUT2D eigenvalue weighted by Gasteiger charge is -2.14. The molecule has 0 aromatic heterocycles. The van der Waals surface area contributed by atoms with Crippen molar-refractivity contribution in [1.29, 1.82) is 0 Å². The standard InChI is InChI=1S/C11H16BNO3/c1-12(16)13-10(11(14)15)8-7-9-5-3-2-4-6-9/h2-6,10,13,16H,7-8H2,1H3,(H,14,15)/t10-/m1/s1. The van der Waals surface area contributed by atoms with Crippen molar-refractivity contribution in [3.05, 3.63) is 35.9 Å². The van der Waals surface area contributed by atoms with E-state index in [0.717, 1.165) is 5.56 Å². The van der Waals surface area contributed by atoms with Crippen LogP contribution in [-0.4, -0.2) is 29.2 Å². The average Bonchev–Trinajstić information content (AvgIpc) is 2.25. The van der Waals surface area contributed by atoms with Crippen molar-refractivity contribution in [2.45, 2.75) is 25.7 Å². The fourth-order valence-corrected chi connectivity index (χ4v) is 1.52. The van der Waals surface area contributed by atoms with Crippen LogP contribution >= 0.6 is 0 Å². The van der Waals surface area contributed by atoms with Crippen LogP contribution in [0.15, 0.2) is 30.3 Å². The second-order valence-corrected chi connectivity index (χ2v) is 3.76. The van der Waals surface area contributed by atoms with Gasteiger partial charge in [0.25, 0.3) is 0 Å². The Morgan fingerprint density at radius 3 is 2.56 bits per heavy atom. The molecule has 86 valence electrons. The van der Waals surface area contributed by atoms with E-state index >= 15 is 0 Å². The molecular weight excluding hydrogens is 205 g/mol. The van der Waals surface area contributed by atoms with Gasteiger partial charge in [0.1, 0.15) is 0 Å². The monoisotopic (exact) mass is 221 g/mol. The minimum Gasteiger partial charge on any atom is -0.480 e. The quantitative estimate of drug-likeness (QED) is 0.620. The summed E-state index contributed by atoms with van der Waals surface area (Å²) in [7, 11) is -0.808. The Bertz CT molecular complexity index is 329. The lowest BCUT2D eigenvalue weighted by atomic mass is 9.86. The third-order valence-corrected chi connectivity index (χ3v) is 2.30. The van der Waals surface area contributed by atoms with E-state index in [1.807, 2.05) is 30.3 Å². The summed E-state index contributed by atoms with van der Waals surface area (Å²) in [6.07, 6.45) is 1.14. The van der Waals surface area contributed by atoms with Crippen molar-refractivity contribution in [2.24, 2.45) is 0 Å². The molecule has 0 aliphatic carbocycles. The molecule has 0 heterocycles. The molecule has 0 saturated carbocycles. The second-order valence-electron chi connectivity index (χ2n) is 3.76. The third-order valence-electron chi connectivity index (χ3n) is 2.30. The molecule has 0 aliphatic rings. The Morgan fingerprint density at radius 2 is 2.06 bits per heavy atom. The molecule has 0 amide bonds. The average molecular weight is 221 g/mol. The highest BCUT2D eigenvalue weighted by Gasteiger charge is 2.19. The largest absolute Gasteiger partial charge is 0.480 e. The molecule has 16 heavy (non-hydrogen) atoms. The molecule has 0 fully saturated rings. The van der Waals surface area contributed by atoms with Gasteiger partial charge in [0.2, 0.25) is 0 Å². The van der Waals surface area contributed by atoms with Crippen molar-refractivity contribution in [2.75, 3.05) is 0 Å². The Hall–Kier alpha value is -1.33. The van der Waals surface area contributed by atoms with Crippen LogP contribution in [0, 0.1) is 0 Å². The van der Waals surface area contributed by atoms with E-state index in [2.05, 4.69) is 5.23 Å². The van der Waals surface area contributed by atoms with Gasteiger partial charge in [-0.3, -0.25) is 4.79 Å². The Morgan fingerprint density at radius 1 is 1.44 bits per heavy atom. The van der Waals surface area contributed by atoms with Gasteiger partial charge in [-0.1, -0.05) is 30.3 Å². The topological polar surface area (TPSA) is 69.6 Å². The summed E-state index contributed by atoms with van der Waals surface area (Å²) in [5.74, 6) is -0.933. The molecule has 1 aromatic rings. The number of aliphatic carboxylic acids is 1. The van der Waals surface area contributed by atoms with E-state index in [0.29, 0.717) is 12.8 Å². The first kappa shape index (κ1) is 12.7. The predicted octanol–water partition coefficient (Wildman–Crippen LogP) is 0.772. The van der Waals surface area contributed by atoms with E-state index < -0.39 is 19.1 Å². The van der Waals surface area contributed by atoms with Gasteiger partial charge in [-0.05, 0) is 25.2 Å². The van der Waals surface area contributed by atoms with Crippen molar-refractivity contribution in [1.82, 2.24) is 5.23 Å². The Balaban J connectivity index is 2.47. The molecular formula is C11H16BNO3. The minimum absolute atomic E-state index is 0.463. The molecule has 1 rings (SSSR count). The van der Waals surface area contributed by atoms with Crippen LogP contribution in [0.1, 0.15) is 12.0 Å². The summed E-state index contributed by atoms with van der Waals surface area (Å²) in [5.41, 5.74) is 1.10. The highest BCUT2D eigenvalue weighted by Crippen LogP contribution is 2.05. The van der Waals surface area contributed by atoms with Crippen LogP contribution in [0.3, 0.4) is 0 Å². The van der Waals surface area contributed by atoms with Gasteiger partial charge in [0.05, 0.1) is 6.04 Å². The van der Waals surface area contributed by atoms with Gasteiger partial charge in [0.15, 0.2) is 0 Å². The van der Waals surface area contributed by atoms with Crippen molar-refractivity contribution in [3.63, 3.8) is 0 Å². The molecule has 0 saturated heterocycles. The summed E-state index contributed by atoms with van der Waals surface area (Å²) < 4.78 is 0. The molecule has 1 atom stereocenters. The summed E-state index contributed by atoms with van der Waals surface area (Å²) >= 11 is 0. The summed E-state index contributed by atoms with van der Waals surface area (Å²) in [4.78, 5) is 10.9. The van der Waals surface area contributed by atoms with Gasteiger partial charge in [0, 0.05) is 0 Å². The zero-order valence-corrected chi connectivity index (χ0v) is 9.26. The molecule has 0 unspecified atom stereocenters. The maximum Gasteiger partial charge on any atom is 0.374 e. The van der Waals surface area contributed by atoms with E-state index in [4.69, 9.17) is 10.1 Å². The van der Waals surface area contributed by atoms with E-state index in [-0.39, 0.29) is 0 Å². The highest BCUT2D eigenvalue weighted by atomic mass is 16.4. The maximum absolute atomic E-state index is 10.9. The second kappa shape index (κ2) is 6.30. The number of carboxylic acids is 1. The number of carboxylic acid groups (broad SMARTS) is 1. The van der Waals surface area contributed by atoms with Crippen molar-refractivity contribution < 1.29 is 14.9 Å². The van der Waals surface area contributed by atoms with Crippen LogP contribution in [0.4, 0.5) is 0 Å². The van der Waals surface area contributed by atoms with Crippen molar-refractivity contribution >= 4 is 13.0 Å². The molecule has 0 spiro atoms. The first-order valence-corrected chi connectivity index (χ1v) is 5.30. The predicted molar refractivity (Wildman–Crippen MR) is 63.2 cm³/mol. The fraction of sp³-hybridized carbons (Fsp3) is 0.364. The van der Waals surface area contributed by atoms with Crippen LogP contribution in [0.2, 0.25) is 6.82 Å². The normalized spacial score (nSPS) is 12.1. The number of aryl methyl sites for hydroxylation is 1. The number of hydrogen-bond acceptors (Lipinski definition) is 3. The summed E-state index contributed by atoms with van der Waals surface area (Å²) in [5, 5.41) is 20.6. The molecule has 0 aliphatic heterocycles. The molecule has 1 aromatic carbocycles. The first-order chi connectivity index (χ1) is 7.59. The van der Waals surface area contributed by atoms with Gasteiger partial charge < -0.3 is 15.4 Å². The first-order valence-electron chi connectivity index (χ1n) is 5.30. The number of rotatable bonds is 6. The van der Waals surface area contributed by atoms with Gasteiger partial charge in [-0.2, -0.15) is 0 Å². The molecule has 0 radical (unpaired) electrons. The van der Waals surface area contributed by atoms with Gasteiger partial charge in [-0.25, -0.2) is 0 Å². The lowest BCUT2D eigenvalue weighted by Crippen LogP contribution is -2.45. The zero-order chi connectivity index (χ0) is 12.0. The number of hydrogen-bond donors (Lipinski definition) is 3. The van der Waals surface area contributed by atoms with Crippen molar-refractivity contribution in [3.8, 4) is 0 Å². The number of benzene rings is 1. The molecule has 3 N–H and O–H groups in total. The van der Waals surface area contributed by atoms with Crippen LogP contribution in [0.25, 0.3) is 0 Å². The SMILES string of the molecule is CB(O)N[C@H](CCc1ccccc1)C(=O)O. The van der Waals surface area contributed by atoms with E-state index in [9.17, 15) is 4.79 Å². The number of nitrogens with one attached hydrogen (secondary N) is 1. The zero-order valence-electron chi connectivity index (χ0n) is 9.26. The Kier molecular flexibility index (Phi) is 5.02. The van der Waals surface area contributed by atoms with Crippen LogP contribution < -0.4 is 5.23 Å². The number of carbonyl (C=O) groups is 1. The van der Waals surface area contributed by atoms with Gasteiger partial charge in [-0.15, -0.1) is 0 Å². The van der Waals surface area contributed by atoms with Crippen LogP contribution in [-0.2, 0) is 11.2 Å². The Labute approximate surface area is 95.4 Å². The van der Waals surface area contributed by atoms with E-state index in [1.54, 1.807) is 0 Å². The smallest absolute Gasteiger partial charge is 0.374 e. The highest BCUT2D eigenvalue weighted by molar-refractivity contribution is 6.46. The minimum atomic E-state index is -0.933. The van der Waals surface area contributed by atoms with Crippen LogP contribution in [0.5, 0.6) is 0 Å². The summed E-state index contributed by atoms with van der Waals surface area (Å²) in [6.45, 7) is 1.51. The molecule has 5 heteroatoms. The third kappa shape index (κ3) is 4.46. The lowest BCUT2D eigenvalue weighted by molar-refractivity contribution is -0.139. The molecule has 4 nitrogen and oxygen atoms in total.